The molecule has 5 nitrogen and oxygen atoms in total. The molecule has 0 atom stereocenters. The summed E-state index contributed by atoms with van der Waals surface area (Å²) in [6.07, 6.45) is 0.647. The summed E-state index contributed by atoms with van der Waals surface area (Å²) < 4.78 is 16.0. The maximum absolute atomic E-state index is 11.9. The van der Waals surface area contributed by atoms with Crippen LogP contribution >= 0.6 is 15.9 Å². The number of benzene rings is 2. The van der Waals surface area contributed by atoms with Crippen LogP contribution in [0, 0.1) is 0 Å². The number of esters is 1. The van der Waals surface area contributed by atoms with Gasteiger partial charge in [0.05, 0.1) is 24.3 Å². The predicted molar refractivity (Wildman–Crippen MR) is 88.2 cm³/mol. The first-order valence-electron chi connectivity index (χ1n) is 6.73. The minimum Gasteiger partial charge on any atom is -0.495 e. The van der Waals surface area contributed by atoms with Gasteiger partial charge in [-0.1, -0.05) is 30.3 Å². The van der Waals surface area contributed by atoms with Crippen molar-refractivity contribution in [2.75, 3.05) is 14.2 Å². The number of ether oxygens (including phenoxy) is 3. The van der Waals surface area contributed by atoms with E-state index in [0.717, 1.165) is 5.56 Å². The SMILES string of the molecule is COC(=O)c1cc(OCc2ccccc2)c(C=O)c(Br)c1OC. The maximum Gasteiger partial charge on any atom is 0.341 e. The summed E-state index contributed by atoms with van der Waals surface area (Å²) in [4.78, 5) is 23.3. The van der Waals surface area contributed by atoms with E-state index in [2.05, 4.69) is 15.9 Å². The summed E-state index contributed by atoms with van der Waals surface area (Å²) in [7, 11) is 2.68. The Kier molecular flexibility index (Phi) is 5.76. The van der Waals surface area contributed by atoms with Gasteiger partial charge in [0.15, 0.2) is 6.29 Å². The van der Waals surface area contributed by atoms with E-state index in [1.165, 1.54) is 20.3 Å². The molecule has 23 heavy (non-hydrogen) atoms. The number of hydrogen-bond donors (Lipinski definition) is 0. The topological polar surface area (TPSA) is 61.8 Å². The van der Waals surface area contributed by atoms with Crippen molar-refractivity contribution in [2.24, 2.45) is 0 Å². The lowest BCUT2D eigenvalue weighted by molar-refractivity contribution is 0.0596. The summed E-state index contributed by atoms with van der Waals surface area (Å²) >= 11 is 3.28. The Labute approximate surface area is 142 Å². The molecule has 0 aromatic heterocycles. The van der Waals surface area contributed by atoms with E-state index < -0.39 is 5.97 Å². The van der Waals surface area contributed by atoms with Crippen LogP contribution in [0.5, 0.6) is 11.5 Å². The molecule has 0 amide bonds. The van der Waals surface area contributed by atoms with Crippen LogP contribution in [0.1, 0.15) is 26.3 Å². The Morgan fingerprint density at radius 2 is 1.91 bits per heavy atom. The first-order valence-corrected chi connectivity index (χ1v) is 7.52. The highest BCUT2D eigenvalue weighted by atomic mass is 79.9. The molecule has 0 aliphatic carbocycles. The summed E-state index contributed by atoms with van der Waals surface area (Å²) in [5, 5.41) is 0. The van der Waals surface area contributed by atoms with E-state index in [-0.39, 0.29) is 29.2 Å². The molecule has 0 bridgehead atoms. The molecule has 0 unspecified atom stereocenters. The fraction of sp³-hybridized carbons (Fsp3) is 0.176. The Morgan fingerprint density at radius 3 is 2.48 bits per heavy atom. The van der Waals surface area contributed by atoms with Gasteiger partial charge in [-0.05, 0) is 27.6 Å². The van der Waals surface area contributed by atoms with Crippen molar-refractivity contribution in [3.05, 3.63) is 57.6 Å². The zero-order valence-corrected chi connectivity index (χ0v) is 14.3. The summed E-state index contributed by atoms with van der Waals surface area (Å²) in [6.45, 7) is 0.265. The average Bonchev–Trinajstić information content (AvgIpc) is 2.59. The summed E-state index contributed by atoms with van der Waals surface area (Å²) in [5.41, 5.74) is 1.39. The Balaban J connectivity index is 2.43. The highest BCUT2D eigenvalue weighted by Crippen LogP contribution is 2.38. The van der Waals surface area contributed by atoms with Gasteiger partial charge in [-0.3, -0.25) is 4.79 Å². The van der Waals surface area contributed by atoms with Crippen molar-refractivity contribution in [3.8, 4) is 11.5 Å². The van der Waals surface area contributed by atoms with Crippen molar-refractivity contribution >= 4 is 28.2 Å². The van der Waals surface area contributed by atoms with Gasteiger partial charge in [0.1, 0.15) is 23.7 Å². The van der Waals surface area contributed by atoms with Crippen molar-refractivity contribution in [3.63, 3.8) is 0 Å². The van der Waals surface area contributed by atoms with Crippen LogP contribution < -0.4 is 9.47 Å². The molecule has 6 heteroatoms. The normalized spacial score (nSPS) is 10.0. The van der Waals surface area contributed by atoms with E-state index in [9.17, 15) is 9.59 Å². The number of aldehydes is 1. The molecular formula is C17H15BrO5. The van der Waals surface area contributed by atoms with E-state index >= 15 is 0 Å². The third-order valence-electron chi connectivity index (χ3n) is 3.19. The molecule has 0 spiro atoms. The molecule has 0 radical (unpaired) electrons. The maximum atomic E-state index is 11.9. The van der Waals surface area contributed by atoms with Gasteiger partial charge in [-0.15, -0.1) is 0 Å². The minimum absolute atomic E-state index is 0.176. The second-order valence-electron chi connectivity index (χ2n) is 4.57. The standard InChI is InChI=1S/C17H15BrO5/c1-21-16-12(17(20)22-2)8-14(13(9-19)15(16)18)23-10-11-6-4-3-5-7-11/h3-9H,10H2,1-2H3. The smallest absolute Gasteiger partial charge is 0.341 e. The van der Waals surface area contributed by atoms with Gasteiger partial charge >= 0.3 is 5.97 Å². The lowest BCUT2D eigenvalue weighted by atomic mass is 10.1. The number of methoxy groups -OCH3 is 2. The second kappa shape index (κ2) is 7.78. The van der Waals surface area contributed by atoms with Gasteiger partial charge in [0.25, 0.3) is 0 Å². The van der Waals surface area contributed by atoms with Gasteiger partial charge in [0.2, 0.25) is 0 Å². The number of carbonyl (C=O) groups excluding carboxylic acids is 2. The fourth-order valence-corrected chi connectivity index (χ4v) is 2.71. The van der Waals surface area contributed by atoms with Crippen molar-refractivity contribution < 1.29 is 23.8 Å². The molecule has 120 valence electrons. The Morgan fingerprint density at radius 1 is 1.22 bits per heavy atom. The molecule has 2 aromatic carbocycles. The van der Waals surface area contributed by atoms with Crippen molar-refractivity contribution in [1.82, 2.24) is 0 Å². The van der Waals surface area contributed by atoms with Gasteiger partial charge in [-0.25, -0.2) is 4.79 Å². The lowest BCUT2D eigenvalue weighted by Gasteiger charge is -2.15. The molecule has 0 N–H and O–H groups in total. The van der Waals surface area contributed by atoms with E-state index in [1.807, 2.05) is 30.3 Å². The third-order valence-corrected chi connectivity index (χ3v) is 3.97. The molecule has 0 fully saturated rings. The van der Waals surface area contributed by atoms with Crippen LogP contribution in [-0.4, -0.2) is 26.5 Å². The van der Waals surface area contributed by atoms with Gasteiger partial charge < -0.3 is 14.2 Å². The number of halogens is 1. The van der Waals surface area contributed by atoms with Crippen LogP contribution in [-0.2, 0) is 11.3 Å². The monoisotopic (exact) mass is 378 g/mol. The van der Waals surface area contributed by atoms with Crippen LogP contribution in [0.2, 0.25) is 0 Å². The minimum atomic E-state index is -0.579. The van der Waals surface area contributed by atoms with Crippen LogP contribution in [0.25, 0.3) is 0 Å². The number of carbonyl (C=O) groups is 2. The summed E-state index contributed by atoms with van der Waals surface area (Å²) in [6, 6.07) is 10.9. The Hall–Kier alpha value is -2.34. The molecule has 0 saturated carbocycles. The number of hydrogen-bond acceptors (Lipinski definition) is 5. The second-order valence-corrected chi connectivity index (χ2v) is 5.36. The molecule has 2 rings (SSSR count). The van der Waals surface area contributed by atoms with Crippen LogP contribution in [0.3, 0.4) is 0 Å². The van der Waals surface area contributed by atoms with E-state index in [0.29, 0.717) is 10.8 Å². The molecule has 0 aliphatic rings. The largest absolute Gasteiger partial charge is 0.495 e. The van der Waals surface area contributed by atoms with Crippen molar-refractivity contribution in [2.45, 2.75) is 6.61 Å². The van der Waals surface area contributed by atoms with Gasteiger partial charge in [-0.2, -0.15) is 0 Å². The summed E-state index contributed by atoms with van der Waals surface area (Å²) in [5.74, 6) is -0.0764. The fourth-order valence-electron chi connectivity index (χ4n) is 2.05. The molecule has 0 aliphatic heterocycles. The highest BCUT2D eigenvalue weighted by molar-refractivity contribution is 9.10. The first-order chi connectivity index (χ1) is 11.1. The van der Waals surface area contributed by atoms with E-state index in [1.54, 1.807) is 0 Å². The van der Waals surface area contributed by atoms with Gasteiger partial charge in [0, 0.05) is 0 Å². The molecule has 2 aromatic rings. The van der Waals surface area contributed by atoms with Crippen molar-refractivity contribution in [1.29, 1.82) is 0 Å². The van der Waals surface area contributed by atoms with E-state index in [4.69, 9.17) is 14.2 Å². The average molecular weight is 379 g/mol. The van der Waals surface area contributed by atoms with Crippen LogP contribution in [0.15, 0.2) is 40.9 Å². The first kappa shape index (κ1) is 17.0. The molecule has 0 heterocycles. The molecular weight excluding hydrogens is 364 g/mol. The number of rotatable bonds is 6. The molecule has 0 saturated heterocycles. The Bertz CT molecular complexity index is 713. The predicted octanol–water partition coefficient (Wildman–Crippen LogP) is 3.64. The quantitative estimate of drug-likeness (QED) is 0.567. The zero-order chi connectivity index (χ0) is 16.8. The lowest BCUT2D eigenvalue weighted by Crippen LogP contribution is -2.08. The van der Waals surface area contributed by atoms with Crippen LogP contribution in [0.4, 0.5) is 0 Å². The third kappa shape index (κ3) is 3.71. The zero-order valence-electron chi connectivity index (χ0n) is 12.7. The highest BCUT2D eigenvalue weighted by Gasteiger charge is 2.22.